The van der Waals surface area contributed by atoms with Crippen LogP contribution in [0.4, 0.5) is 0 Å². The van der Waals surface area contributed by atoms with Crippen LogP contribution in [0.25, 0.3) is 0 Å². The molecule has 0 heterocycles. The summed E-state index contributed by atoms with van der Waals surface area (Å²) in [6, 6.07) is 15.1. The summed E-state index contributed by atoms with van der Waals surface area (Å²) in [7, 11) is 0. The standard InChI is InChI=1S/C19H23Cl/c1-14-7-4-5-10-18(14)11-17(13-20)12-19-15(2)8-6-9-16(19)3/h4-10,17H,11-13H2,1-3H3. The lowest BCUT2D eigenvalue weighted by atomic mass is 9.89. The first kappa shape index (κ1) is 15.1. The van der Waals surface area contributed by atoms with Crippen molar-refractivity contribution in [3.63, 3.8) is 0 Å². The Morgan fingerprint density at radius 2 is 1.40 bits per heavy atom. The van der Waals surface area contributed by atoms with E-state index in [4.69, 9.17) is 11.6 Å². The summed E-state index contributed by atoms with van der Waals surface area (Å²) in [5.41, 5.74) is 7.01. The minimum atomic E-state index is 0.498. The monoisotopic (exact) mass is 286 g/mol. The van der Waals surface area contributed by atoms with Crippen molar-refractivity contribution >= 4 is 11.6 Å². The highest BCUT2D eigenvalue weighted by atomic mass is 35.5. The van der Waals surface area contributed by atoms with Gasteiger partial charge in [-0.1, -0.05) is 42.5 Å². The Hall–Kier alpha value is -1.27. The molecule has 2 aromatic carbocycles. The molecule has 20 heavy (non-hydrogen) atoms. The first-order chi connectivity index (χ1) is 9.61. The summed E-state index contributed by atoms with van der Waals surface area (Å²) in [6.07, 6.45) is 2.13. The van der Waals surface area contributed by atoms with Crippen LogP contribution in [-0.4, -0.2) is 5.88 Å². The van der Waals surface area contributed by atoms with E-state index in [2.05, 4.69) is 63.2 Å². The summed E-state index contributed by atoms with van der Waals surface area (Å²) in [4.78, 5) is 0. The summed E-state index contributed by atoms with van der Waals surface area (Å²) >= 11 is 6.22. The van der Waals surface area contributed by atoms with Crippen molar-refractivity contribution in [3.05, 3.63) is 70.3 Å². The van der Waals surface area contributed by atoms with Crippen molar-refractivity contribution in [2.45, 2.75) is 33.6 Å². The molecule has 0 fully saturated rings. The van der Waals surface area contributed by atoms with Crippen LogP contribution in [-0.2, 0) is 12.8 Å². The minimum absolute atomic E-state index is 0.498. The number of halogens is 1. The van der Waals surface area contributed by atoms with Gasteiger partial charge < -0.3 is 0 Å². The van der Waals surface area contributed by atoms with E-state index in [0.717, 1.165) is 12.8 Å². The highest BCUT2D eigenvalue weighted by molar-refractivity contribution is 6.18. The van der Waals surface area contributed by atoms with Crippen molar-refractivity contribution in [3.8, 4) is 0 Å². The number of hydrogen-bond donors (Lipinski definition) is 0. The number of aryl methyl sites for hydroxylation is 3. The molecule has 0 aliphatic carbocycles. The smallest absolute Gasteiger partial charge is 0.0258 e. The van der Waals surface area contributed by atoms with Crippen molar-refractivity contribution < 1.29 is 0 Å². The van der Waals surface area contributed by atoms with Gasteiger partial charge in [-0.05, 0) is 67.3 Å². The van der Waals surface area contributed by atoms with Gasteiger partial charge in [0.2, 0.25) is 0 Å². The molecule has 0 spiro atoms. The predicted octanol–water partition coefficient (Wildman–Crippen LogP) is 5.25. The fourth-order valence-electron chi connectivity index (χ4n) is 2.79. The van der Waals surface area contributed by atoms with Crippen LogP contribution in [0.5, 0.6) is 0 Å². The summed E-state index contributed by atoms with van der Waals surface area (Å²) in [5.74, 6) is 1.21. The largest absolute Gasteiger partial charge is 0.126 e. The van der Waals surface area contributed by atoms with Crippen LogP contribution < -0.4 is 0 Å². The molecule has 0 aliphatic heterocycles. The van der Waals surface area contributed by atoms with Crippen LogP contribution in [0.2, 0.25) is 0 Å². The van der Waals surface area contributed by atoms with Gasteiger partial charge in [-0.3, -0.25) is 0 Å². The Morgan fingerprint density at radius 3 is 2.00 bits per heavy atom. The second-order valence-electron chi connectivity index (χ2n) is 5.73. The van der Waals surface area contributed by atoms with Crippen LogP contribution in [0.15, 0.2) is 42.5 Å². The van der Waals surface area contributed by atoms with Crippen LogP contribution in [0.1, 0.15) is 27.8 Å². The second-order valence-corrected chi connectivity index (χ2v) is 6.03. The van der Waals surface area contributed by atoms with Gasteiger partial charge in [0.05, 0.1) is 0 Å². The molecular formula is C19H23Cl. The topological polar surface area (TPSA) is 0 Å². The van der Waals surface area contributed by atoms with Crippen molar-refractivity contribution in [1.29, 1.82) is 0 Å². The molecule has 2 rings (SSSR count). The Kier molecular flexibility index (Phi) is 5.25. The highest BCUT2D eigenvalue weighted by Crippen LogP contribution is 2.22. The van der Waals surface area contributed by atoms with Crippen LogP contribution in [0.3, 0.4) is 0 Å². The first-order valence-electron chi connectivity index (χ1n) is 7.27. The third kappa shape index (κ3) is 3.64. The molecule has 1 heteroatoms. The second kappa shape index (κ2) is 6.95. The predicted molar refractivity (Wildman–Crippen MR) is 88.7 cm³/mol. The van der Waals surface area contributed by atoms with Crippen LogP contribution >= 0.6 is 11.6 Å². The molecule has 1 atom stereocenters. The zero-order valence-corrected chi connectivity index (χ0v) is 13.4. The summed E-state index contributed by atoms with van der Waals surface area (Å²) < 4.78 is 0. The third-order valence-electron chi connectivity index (χ3n) is 4.13. The van der Waals surface area contributed by atoms with Crippen molar-refractivity contribution in [2.24, 2.45) is 5.92 Å². The fourth-order valence-corrected chi connectivity index (χ4v) is 3.01. The zero-order valence-electron chi connectivity index (χ0n) is 12.6. The normalized spacial score (nSPS) is 12.4. The average Bonchev–Trinajstić information content (AvgIpc) is 2.44. The van der Waals surface area contributed by atoms with Gasteiger partial charge in [0.15, 0.2) is 0 Å². The van der Waals surface area contributed by atoms with E-state index in [-0.39, 0.29) is 0 Å². The number of benzene rings is 2. The molecule has 0 amide bonds. The van der Waals surface area contributed by atoms with E-state index < -0.39 is 0 Å². The van der Waals surface area contributed by atoms with E-state index in [0.29, 0.717) is 11.8 Å². The molecule has 0 bridgehead atoms. The van der Waals surface area contributed by atoms with Crippen molar-refractivity contribution in [2.75, 3.05) is 5.88 Å². The Balaban J connectivity index is 2.16. The van der Waals surface area contributed by atoms with Crippen molar-refractivity contribution in [1.82, 2.24) is 0 Å². The quantitative estimate of drug-likeness (QED) is 0.658. The van der Waals surface area contributed by atoms with E-state index in [1.807, 2.05) is 0 Å². The molecule has 106 valence electrons. The first-order valence-corrected chi connectivity index (χ1v) is 7.81. The lowest BCUT2D eigenvalue weighted by Crippen LogP contribution is -2.12. The highest BCUT2D eigenvalue weighted by Gasteiger charge is 2.13. The van der Waals surface area contributed by atoms with Gasteiger partial charge in [-0.2, -0.15) is 0 Å². The summed E-state index contributed by atoms with van der Waals surface area (Å²) in [5, 5.41) is 0. The van der Waals surface area contributed by atoms with Gasteiger partial charge >= 0.3 is 0 Å². The van der Waals surface area contributed by atoms with Gasteiger partial charge in [0.25, 0.3) is 0 Å². The molecule has 0 saturated heterocycles. The minimum Gasteiger partial charge on any atom is -0.126 e. The molecule has 2 aromatic rings. The van der Waals surface area contributed by atoms with E-state index in [1.54, 1.807) is 0 Å². The maximum Gasteiger partial charge on any atom is 0.0258 e. The molecule has 0 radical (unpaired) electrons. The number of alkyl halides is 1. The molecular weight excluding hydrogens is 264 g/mol. The maximum atomic E-state index is 6.22. The van der Waals surface area contributed by atoms with Crippen LogP contribution in [0, 0.1) is 26.7 Å². The van der Waals surface area contributed by atoms with E-state index >= 15 is 0 Å². The maximum absolute atomic E-state index is 6.22. The average molecular weight is 287 g/mol. The zero-order chi connectivity index (χ0) is 14.5. The molecule has 1 unspecified atom stereocenters. The van der Waals surface area contributed by atoms with E-state index in [9.17, 15) is 0 Å². The Labute approximate surface area is 127 Å². The number of rotatable bonds is 5. The third-order valence-corrected chi connectivity index (χ3v) is 4.56. The lowest BCUT2D eigenvalue weighted by Gasteiger charge is -2.18. The fraction of sp³-hybridized carbons (Fsp3) is 0.368. The van der Waals surface area contributed by atoms with E-state index in [1.165, 1.54) is 27.8 Å². The Bertz CT molecular complexity index is 551. The van der Waals surface area contributed by atoms with Gasteiger partial charge in [0.1, 0.15) is 0 Å². The molecule has 0 aliphatic rings. The van der Waals surface area contributed by atoms with Gasteiger partial charge in [-0.15, -0.1) is 11.6 Å². The Morgan fingerprint density at radius 1 is 0.800 bits per heavy atom. The molecule has 0 nitrogen and oxygen atoms in total. The van der Waals surface area contributed by atoms with Gasteiger partial charge in [0, 0.05) is 5.88 Å². The molecule has 0 N–H and O–H groups in total. The summed E-state index contributed by atoms with van der Waals surface area (Å²) in [6.45, 7) is 6.57. The number of hydrogen-bond acceptors (Lipinski definition) is 0. The molecule has 0 aromatic heterocycles. The SMILES string of the molecule is Cc1ccccc1CC(CCl)Cc1c(C)cccc1C. The lowest BCUT2D eigenvalue weighted by molar-refractivity contribution is 0.579. The molecule has 0 saturated carbocycles. The van der Waals surface area contributed by atoms with Gasteiger partial charge in [-0.25, -0.2) is 0 Å².